The lowest BCUT2D eigenvalue weighted by Crippen LogP contribution is -2.31. The maximum absolute atomic E-state index is 13.7. The van der Waals surface area contributed by atoms with E-state index in [2.05, 4.69) is 4.99 Å². The molecular weight excluding hydrogens is 353 g/mol. The van der Waals surface area contributed by atoms with Crippen LogP contribution in [0.15, 0.2) is 71.7 Å². The van der Waals surface area contributed by atoms with Crippen LogP contribution in [-0.4, -0.2) is 18.3 Å². The van der Waals surface area contributed by atoms with Crippen LogP contribution in [0.1, 0.15) is 22.3 Å². The first kappa shape index (κ1) is 17.9. The van der Waals surface area contributed by atoms with E-state index < -0.39 is 6.03 Å². The van der Waals surface area contributed by atoms with Gasteiger partial charge in [-0.25, -0.2) is 9.18 Å². The van der Waals surface area contributed by atoms with Crippen molar-refractivity contribution in [3.05, 3.63) is 94.8 Å². The first-order valence-electron chi connectivity index (χ1n) is 9.13. The normalized spacial score (nSPS) is 12.9. The van der Waals surface area contributed by atoms with Gasteiger partial charge in [0.15, 0.2) is 0 Å². The summed E-state index contributed by atoms with van der Waals surface area (Å²) in [5.41, 5.74) is 11.7. The van der Waals surface area contributed by atoms with Gasteiger partial charge in [0.2, 0.25) is 0 Å². The summed E-state index contributed by atoms with van der Waals surface area (Å²) in [7, 11) is 0. The fraction of sp³-hybridized carbons (Fsp3) is 0.130. The maximum atomic E-state index is 13.7. The van der Waals surface area contributed by atoms with Gasteiger partial charge in [-0.15, -0.1) is 0 Å². The number of anilines is 2. The van der Waals surface area contributed by atoms with E-state index in [-0.39, 0.29) is 5.82 Å². The van der Waals surface area contributed by atoms with Crippen LogP contribution < -0.4 is 10.6 Å². The Balaban J connectivity index is 1.69. The van der Waals surface area contributed by atoms with E-state index in [4.69, 9.17) is 5.73 Å². The molecule has 0 saturated carbocycles. The van der Waals surface area contributed by atoms with Crippen molar-refractivity contribution in [2.24, 2.45) is 10.7 Å². The zero-order valence-electron chi connectivity index (χ0n) is 15.5. The van der Waals surface area contributed by atoms with Gasteiger partial charge in [-0.05, 0) is 55.3 Å². The third-order valence-corrected chi connectivity index (χ3v) is 4.89. The minimum atomic E-state index is -0.556. The number of nitrogens with two attached hydrogens (primary N) is 1. The number of fused-ring (bicyclic) bond motifs is 1. The lowest BCUT2D eigenvalue weighted by molar-refractivity contribution is 0.256. The van der Waals surface area contributed by atoms with Crippen molar-refractivity contribution >= 4 is 23.1 Å². The molecule has 0 saturated heterocycles. The number of primary amides is 1. The Bertz CT molecular complexity index is 1060. The molecule has 0 fully saturated rings. The summed E-state index contributed by atoms with van der Waals surface area (Å²) < 4.78 is 13.7. The molecule has 28 heavy (non-hydrogen) atoms. The van der Waals surface area contributed by atoms with Gasteiger partial charge in [0.05, 0.1) is 17.1 Å². The molecule has 4 rings (SSSR count). The number of carbonyl (C=O) groups excluding carboxylic acids is 1. The average Bonchev–Trinajstić information content (AvgIpc) is 2.69. The summed E-state index contributed by atoms with van der Waals surface area (Å²) in [6.07, 6.45) is 0.806. The number of amides is 2. The molecule has 0 unspecified atom stereocenters. The molecule has 0 aliphatic carbocycles. The quantitative estimate of drug-likeness (QED) is 0.708. The molecule has 1 heterocycles. The van der Waals surface area contributed by atoms with Crippen LogP contribution in [0, 0.1) is 12.7 Å². The molecule has 3 aromatic rings. The molecular formula is C23H20FN3O. The van der Waals surface area contributed by atoms with E-state index >= 15 is 0 Å². The molecule has 3 aromatic carbocycles. The number of aliphatic imine (C=N–C) groups is 1. The van der Waals surface area contributed by atoms with Crippen molar-refractivity contribution in [1.82, 2.24) is 0 Å². The van der Waals surface area contributed by atoms with Crippen molar-refractivity contribution in [2.45, 2.75) is 13.3 Å². The van der Waals surface area contributed by atoms with Crippen LogP contribution in [-0.2, 0) is 6.42 Å². The van der Waals surface area contributed by atoms with E-state index in [1.54, 1.807) is 0 Å². The summed E-state index contributed by atoms with van der Waals surface area (Å²) >= 11 is 0. The predicted octanol–water partition coefficient (Wildman–Crippen LogP) is 4.74. The van der Waals surface area contributed by atoms with Crippen LogP contribution in [0.2, 0.25) is 0 Å². The highest BCUT2D eigenvalue weighted by atomic mass is 19.1. The van der Waals surface area contributed by atoms with Gasteiger partial charge in [0, 0.05) is 17.7 Å². The second-order valence-electron chi connectivity index (χ2n) is 6.84. The molecule has 2 N–H and O–H groups in total. The topological polar surface area (TPSA) is 58.7 Å². The maximum Gasteiger partial charge on any atom is 0.323 e. The SMILES string of the molecule is Cc1ccc(N(C(N)=O)c2ccc(C3=NCCc4ccc(F)cc43)cc2)cc1. The average molecular weight is 373 g/mol. The fourth-order valence-electron chi connectivity index (χ4n) is 3.47. The van der Waals surface area contributed by atoms with E-state index in [1.807, 2.05) is 61.5 Å². The Hall–Kier alpha value is -3.47. The molecule has 1 aliphatic heterocycles. The Morgan fingerprint density at radius 2 is 1.64 bits per heavy atom. The van der Waals surface area contributed by atoms with Crippen molar-refractivity contribution in [2.75, 3.05) is 11.4 Å². The van der Waals surface area contributed by atoms with Crippen molar-refractivity contribution in [3.63, 3.8) is 0 Å². The lowest BCUT2D eigenvalue weighted by atomic mass is 9.93. The van der Waals surface area contributed by atoms with Gasteiger partial charge in [-0.3, -0.25) is 9.89 Å². The monoisotopic (exact) mass is 373 g/mol. The Morgan fingerprint density at radius 1 is 1.00 bits per heavy atom. The van der Waals surface area contributed by atoms with E-state index in [0.29, 0.717) is 17.9 Å². The first-order chi connectivity index (χ1) is 13.5. The Morgan fingerprint density at radius 3 is 2.29 bits per heavy atom. The number of hydrogen-bond acceptors (Lipinski definition) is 2. The third kappa shape index (κ3) is 3.39. The summed E-state index contributed by atoms with van der Waals surface area (Å²) in [5.74, 6) is -0.274. The number of benzene rings is 3. The van der Waals surface area contributed by atoms with Crippen molar-refractivity contribution < 1.29 is 9.18 Å². The molecule has 2 amide bonds. The van der Waals surface area contributed by atoms with Gasteiger partial charge < -0.3 is 5.73 Å². The van der Waals surface area contributed by atoms with Crippen molar-refractivity contribution in [1.29, 1.82) is 0 Å². The second kappa shape index (κ2) is 7.27. The Kier molecular flexibility index (Phi) is 4.65. The summed E-state index contributed by atoms with van der Waals surface area (Å²) in [6.45, 7) is 2.66. The molecule has 1 aliphatic rings. The highest BCUT2D eigenvalue weighted by Crippen LogP contribution is 2.28. The molecule has 0 atom stereocenters. The zero-order valence-corrected chi connectivity index (χ0v) is 15.5. The highest BCUT2D eigenvalue weighted by Gasteiger charge is 2.19. The summed E-state index contributed by atoms with van der Waals surface area (Å²) in [4.78, 5) is 18.1. The fourth-order valence-corrected chi connectivity index (χ4v) is 3.47. The van der Waals surface area contributed by atoms with Gasteiger partial charge in [0.25, 0.3) is 0 Å². The third-order valence-electron chi connectivity index (χ3n) is 4.89. The van der Waals surface area contributed by atoms with Gasteiger partial charge in [-0.2, -0.15) is 0 Å². The molecule has 4 nitrogen and oxygen atoms in total. The second-order valence-corrected chi connectivity index (χ2v) is 6.84. The van der Waals surface area contributed by atoms with Gasteiger partial charge in [-0.1, -0.05) is 35.9 Å². The van der Waals surface area contributed by atoms with Crippen LogP contribution in [0.4, 0.5) is 20.6 Å². The number of halogens is 1. The molecule has 140 valence electrons. The lowest BCUT2D eigenvalue weighted by Gasteiger charge is -2.22. The molecule has 5 heteroatoms. The highest BCUT2D eigenvalue weighted by molar-refractivity contribution is 6.14. The minimum absolute atomic E-state index is 0.274. The zero-order chi connectivity index (χ0) is 19.7. The number of urea groups is 1. The number of nitrogens with zero attached hydrogens (tertiary/aromatic N) is 2. The van der Waals surface area contributed by atoms with E-state index in [0.717, 1.165) is 34.4 Å². The number of carbonyl (C=O) groups is 1. The number of rotatable bonds is 3. The van der Waals surface area contributed by atoms with Gasteiger partial charge in [0.1, 0.15) is 5.82 Å². The number of hydrogen-bond donors (Lipinski definition) is 1. The predicted molar refractivity (Wildman–Crippen MR) is 110 cm³/mol. The standard InChI is InChI=1S/C23H20FN3O/c1-15-2-8-19(9-3-15)27(23(25)28)20-10-5-17(6-11-20)22-21-14-18(24)7-4-16(21)12-13-26-22/h2-11,14H,12-13H2,1H3,(H2,25,28). The van der Waals surface area contributed by atoms with Crippen molar-refractivity contribution in [3.8, 4) is 0 Å². The van der Waals surface area contributed by atoms with Crippen LogP contribution in [0.5, 0.6) is 0 Å². The van der Waals surface area contributed by atoms with Crippen LogP contribution in [0.25, 0.3) is 0 Å². The van der Waals surface area contributed by atoms with Crippen LogP contribution in [0.3, 0.4) is 0 Å². The van der Waals surface area contributed by atoms with Crippen LogP contribution >= 0.6 is 0 Å². The van der Waals surface area contributed by atoms with E-state index in [1.165, 1.54) is 17.0 Å². The largest absolute Gasteiger partial charge is 0.351 e. The summed E-state index contributed by atoms with van der Waals surface area (Å²) in [5, 5.41) is 0. The summed E-state index contributed by atoms with van der Waals surface area (Å²) in [6, 6.07) is 19.3. The molecule has 0 spiro atoms. The minimum Gasteiger partial charge on any atom is -0.351 e. The Labute approximate surface area is 163 Å². The van der Waals surface area contributed by atoms with E-state index in [9.17, 15) is 9.18 Å². The van der Waals surface area contributed by atoms with Gasteiger partial charge >= 0.3 is 6.03 Å². The molecule has 0 bridgehead atoms. The molecule has 0 radical (unpaired) electrons. The molecule has 0 aromatic heterocycles. The number of aryl methyl sites for hydroxylation is 1. The smallest absolute Gasteiger partial charge is 0.323 e. The first-order valence-corrected chi connectivity index (χ1v) is 9.13.